The maximum absolute atomic E-state index is 13.5. The third kappa shape index (κ3) is 5.21. The molecule has 0 unspecified atom stereocenters. The summed E-state index contributed by atoms with van der Waals surface area (Å²) in [7, 11) is 1.93. The largest absolute Gasteiger partial charge is 0.436 e. The van der Waals surface area contributed by atoms with E-state index in [1.165, 1.54) is 4.80 Å². The van der Waals surface area contributed by atoms with Gasteiger partial charge in [-0.25, -0.2) is 18.7 Å². The topological polar surface area (TPSA) is 121 Å². The minimum Gasteiger partial charge on any atom is -0.436 e. The van der Waals surface area contributed by atoms with E-state index in [1.807, 2.05) is 60.1 Å². The number of imidazole rings is 1. The standard InChI is InChI=1S/C31H27F2N9O2/c1-40-18-34-17-25(40)21-7-8-26-23(15-21)36-30(44-26)22-9-12-35-24(16-22)31(43)41-13-10-20(11-14-41)27(19-5-3-2-4-6-19)42-38-29(28(32)33)37-39-42/h2-9,12,15-18,20,27-28H,10-11,13-14H2,1H3/t27-/m0/s1. The number of hydrogen-bond donors (Lipinski definition) is 0. The molecule has 0 radical (unpaired) electrons. The number of halogens is 2. The molecule has 4 aromatic heterocycles. The van der Waals surface area contributed by atoms with Crippen LogP contribution in [-0.4, -0.2) is 63.6 Å². The Balaban J connectivity index is 1.08. The van der Waals surface area contributed by atoms with Gasteiger partial charge < -0.3 is 13.9 Å². The number of piperidine rings is 1. The van der Waals surface area contributed by atoms with Crippen molar-refractivity contribution in [2.75, 3.05) is 13.1 Å². The maximum atomic E-state index is 13.5. The van der Waals surface area contributed by atoms with Crippen molar-refractivity contribution >= 4 is 17.0 Å². The first-order chi connectivity index (χ1) is 21.4. The zero-order valence-corrected chi connectivity index (χ0v) is 23.7. The molecule has 6 aromatic rings. The number of oxazole rings is 1. The van der Waals surface area contributed by atoms with Crippen molar-refractivity contribution in [1.82, 2.24) is 44.6 Å². The molecule has 1 aliphatic rings. The fraction of sp³-hybridized carbons (Fsp3) is 0.258. The van der Waals surface area contributed by atoms with E-state index in [9.17, 15) is 13.6 Å². The van der Waals surface area contributed by atoms with E-state index in [2.05, 4.69) is 30.4 Å². The molecule has 2 aromatic carbocycles. The van der Waals surface area contributed by atoms with Crippen LogP contribution in [0.4, 0.5) is 8.78 Å². The summed E-state index contributed by atoms with van der Waals surface area (Å²) in [5.41, 5.74) is 5.09. The van der Waals surface area contributed by atoms with Crippen molar-refractivity contribution in [2.24, 2.45) is 13.0 Å². The first-order valence-electron chi connectivity index (χ1n) is 14.2. The normalized spacial score (nSPS) is 14.9. The van der Waals surface area contributed by atoms with Gasteiger partial charge in [0, 0.05) is 37.5 Å². The number of tetrazole rings is 1. The Morgan fingerprint density at radius 2 is 1.84 bits per heavy atom. The fourth-order valence-corrected chi connectivity index (χ4v) is 5.79. The molecule has 7 rings (SSSR count). The van der Waals surface area contributed by atoms with E-state index in [-0.39, 0.29) is 23.6 Å². The van der Waals surface area contributed by atoms with Gasteiger partial charge in [0.2, 0.25) is 11.7 Å². The first-order valence-corrected chi connectivity index (χ1v) is 14.2. The number of carbonyl (C=O) groups is 1. The summed E-state index contributed by atoms with van der Waals surface area (Å²) in [6.45, 7) is 0.934. The van der Waals surface area contributed by atoms with Gasteiger partial charge in [-0.1, -0.05) is 30.3 Å². The second-order valence-corrected chi connectivity index (χ2v) is 10.8. The van der Waals surface area contributed by atoms with Gasteiger partial charge >= 0.3 is 6.43 Å². The average molecular weight is 596 g/mol. The summed E-state index contributed by atoms with van der Waals surface area (Å²) in [6, 6.07) is 18.4. The van der Waals surface area contributed by atoms with E-state index in [0.717, 1.165) is 16.8 Å². The molecular weight excluding hydrogens is 568 g/mol. The molecule has 222 valence electrons. The average Bonchev–Trinajstić information content (AvgIpc) is 3.82. The van der Waals surface area contributed by atoms with Crippen molar-refractivity contribution in [3.05, 3.63) is 96.5 Å². The third-order valence-corrected chi connectivity index (χ3v) is 8.03. The summed E-state index contributed by atoms with van der Waals surface area (Å²) in [5.74, 6) is -0.393. The number of rotatable bonds is 7. The lowest BCUT2D eigenvalue weighted by atomic mass is 9.85. The highest BCUT2D eigenvalue weighted by Gasteiger charge is 2.33. The minimum absolute atomic E-state index is 0.0106. The van der Waals surface area contributed by atoms with Crippen LogP contribution < -0.4 is 0 Å². The van der Waals surface area contributed by atoms with Crippen LogP contribution in [0.5, 0.6) is 0 Å². The Hall–Kier alpha value is -5.33. The number of hydrogen-bond acceptors (Lipinski definition) is 8. The summed E-state index contributed by atoms with van der Waals surface area (Å²) in [6.07, 6.45) is 3.56. The van der Waals surface area contributed by atoms with Gasteiger partial charge in [-0.3, -0.25) is 9.78 Å². The molecule has 0 saturated carbocycles. The summed E-state index contributed by atoms with van der Waals surface area (Å²) < 4.78 is 34.4. The fourth-order valence-electron chi connectivity index (χ4n) is 5.79. The Kier molecular flexibility index (Phi) is 7.12. The zero-order chi connectivity index (χ0) is 30.2. The van der Waals surface area contributed by atoms with E-state index >= 15 is 0 Å². The molecule has 1 atom stereocenters. The lowest BCUT2D eigenvalue weighted by Crippen LogP contribution is -2.41. The lowest BCUT2D eigenvalue weighted by molar-refractivity contribution is 0.0657. The number of amides is 1. The maximum Gasteiger partial charge on any atom is 0.301 e. The Morgan fingerprint density at radius 1 is 1.02 bits per heavy atom. The van der Waals surface area contributed by atoms with Gasteiger partial charge in [-0.2, -0.15) is 4.80 Å². The first kappa shape index (κ1) is 27.5. The number of pyridine rings is 1. The van der Waals surface area contributed by atoms with Crippen LogP contribution in [0.1, 0.15) is 47.2 Å². The molecule has 1 fully saturated rings. The van der Waals surface area contributed by atoms with Gasteiger partial charge in [-0.15, -0.1) is 10.2 Å². The van der Waals surface area contributed by atoms with Gasteiger partial charge in [-0.05, 0) is 59.9 Å². The predicted octanol–water partition coefficient (Wildman–Crippen LogP) is 5.36. The van der Waals surface area contributed by atoms with Crippen LogP contribution in [0.15, 0.2) is 83.8 Å². The van der Waals surface area contributed by atoms with Crippen LogP contribution in [0.2, 0.25) is 0 Å². The highest BCUT2D eigenvalue weighted by Crippen LogP contribution is 2.34. The van der Waals surface area contributed by atoms with E-state index in [0.29, 0.717) is 48.5 Å². The van der Waals surface area contributed by atoms with Crippen molar-refractivity contribution in [1.29, 1.82) is 0 Å². The van der Waals surface area contributed by atoms with Crippen molar-refractivity contribution in [3.8, 4) is 22.7 Å². The Bertz CT molecular complexity index is 1930. The molecule has 0 spiro atoms. The Morgan fingerprint density at radius 3 is 2.57 bits per heavy atom. The van der Waals surface area contributed by atoms with Crippen molar-refractivity contribution in [2.45, 2.75) is 25.3 Å². The molecule has 5 heterocycles. The number of nitrogens with zero attached hydrogens (tertiary/aromatic N) is 9. The van der Waals surface area contributed by atoms with Crippen LogP contribution in [0.25, 0.3) is 33.8 Å². The second kappa shape index (κ2) is 11.4. The van der Waals surface area contributed by atoms with Crippen LogP contribution in [0, 0.1) is 5.92 Å². The quantitative estimate of drug-likeness (QED) is 0.242. The molecule has 13 heteroatoms. The summed E-state index contributed by atoms with van der Waals surface area (Å²) >= 11 is 0. The van der Waals surface area contributed by atoms with E-state index in [4.69, 9.17) is 4.42 Å². The van der Waals surface area contributed by atoms with Crippen molar-refractivity contribution < 1.29 is 18.0 Å². The molecule has 1 amide bonds. The number of carbonyl (C=O) groups excluding carboxylic acids is 1. The number of fused-ring (bicyclic) bond motifs is 1. The number of aryl methyl sites for hydroxylation is 1. The smallest absolute Gasteiger partial charge is 0.301 e. The zero-order valence-electron chi connectivity index (χ0n) is 23.7. The SMILES string of the molecule is Cn1cncc1-c1ccc2oc(-c3ccnc(C(=O)N4CCC([C@H](c5ccccc5)n5nnc(C(F)F)n5)CC4)c3)nc2c1. The molecular formula is C31H27F2N9O2. The van der Waals surface area contributed by atoms with E-state index in [1.54, 1.807) is 35.8 Å². The van der Waals surface area contributed by atoms with Gasteiger partial charge in [0.25, 0.3) is 5.91 Å². The number of benzene rings is 2. The molecule has 44 heavy (non-hydrogen) atoms. The predicted molar refractivity (Wildman–Crippen MR) is 155 cm³/mol. The summed E-state index contributed by atoms with van der Waals surface area (Å²) in [5, 5.41) is 11.5. The summed E-state index contributed by atoms with van der Waals surface area (Å²) in [4.78, 5) is 29.8. The second-order valence-electron chi connectivity index (χ2n) is 10.8. The highest BCUT2D eigenvalue weighted by molar-refractivity contribution is 5.93. The van der Waals surface area contributed by atoms with Crippen LogP contribution >= 0.6 is 0 Å². The van der Waals surface area contributed by atoms with Crippen LogP contribution in [-0.2, 0) is 7.05 Å². The molecule has 0 aliphatic carbocycles. The van der Waals surface area contributed by atoms with Gasteiger partial charge in [0.1, 0.15) is 17.3 Å². The van der Waals surface area contributed by atoms with Gasteiger partial charge in [0.15, 0.2) is 5.58 Å². The number of aromatic nitrogens is 8. The molecule has 1 aliphatic heterocycles. The monoisotopic (exact) mass is 595 g/mol. The number of alkyl halides is 2. The molecule has 11 nitrogen and oxygen atoms in total. The number of likely N-dealkylation sites (tertiary alicyclic amines) is 1. The highest BCUT2D eigenvalue weighted by atomic mass is 19.3. The van der Waals surface area contributed by atoms with Crippen LogP contribution in [0.3, 0.4) is 0 Å². The minimum atomic E-state index is -2.80. The lowest BCUT2D eigenvalue weighted by Gasteiger charge is -2.35. The third-order valence-electron chi connectivity index (χ3n) is 8.03. The Labute approximate surface area is 250 Å². The molecule has 0 bridgehead atoms. The molecule has 0 N–H and O–H groups in total. The molecule has 1 saturated heterocycles. The van der Waals surface area contributed by atoms with E-state index < -0.39 is 12.2 Å². The van der Waals surface area contributed by atoms with Crippen molar-refractivity contribution in [3.63, 3.8) is 0 Å². The van der Waals surface area contributed by atoms with Gasteiger partial charge in [0.05, 0.1) is 18.2 Å².